The van der Waals surface area contributed by atoms with Crippen molar-refractivity contribution in [1.29, 1.82) is 0 Å². The van der Waals surface area contributed by atoms with Gasteiger partial charge in [0.2, 0.25) is 0 Å². The molecule has 0 aromatic carbocycles. The maximum Gasteiger partial charge on any atom is 0.133 e. The molecular formula is C22H36O. The van der Waals surface area contributed by atoms with Crippen molar-refractivity contribution in [2.45, 2.75) is 85.5 Å². The normalized spacial score (nSPS) is 55.7. The summed E-state index contributed by atoms with van der Waals surface area (Å²) in [6.45, 7) is 9.45. The van der Waals surface area contributed by atoms with Gasteiger partial charge in [-0.3, -0.25) is 4.79 Å². The summed E-state index contributed by atoms with van der Waals surface area (Å²) >= 11 is 0. The lowest BCUT2D eigenvalue weighted by Gasteiger charge is -2.61. The van der Waals surface area contributed by atoms with E-state index in [-0.39, 0.29) is 0 Å². The maximum atomic E-state index is 12.2. The van der Waals surface area contributed by atoms with Crippen molar-refractivity contribution < 1.29 is 4.79 Å². The van der Waals surface area contributed by atoms with Crippen LogP contribution in [0.5, 0.6) is 0 Å². The van der Waals surface area contributed by atoms with Gasteiger partial charge in [0.15, 0.2) is 0 Å². The smallest absolute Gasteiger partial charge is 0.133 e. The Labute approximate surface area is 143 Å². The van der Waals surface area contributed by atoms with Gasteiger partial charge in [0.25, 0.3) is 0 Å². The summed E-state index contributed by atoms with van der Waals surface area (Å²) in [5.74, 6) is 5.50. The number of ketones is 1. The van der Waals surface area contributed by atoms with Crippen LogP contribution in [0, 0.1) is 46.3 Å². The Hall–Kier alpha value is -0.330. The van der Waals surface area contributed by atoms with Crippen molar-refractivity contribution in [2.75, 3.05) is 0 Å². The third-order valence-corrected chi connectivity index (χ3v) is 9.42. The summed E-state index contributed by atoms with van der Waals surface area (Å²) in [6, 6.07) is 0. The van der Waals surface area contributed by atoms with Crippen molar-refractivity contribution in [1.82, 2.24) is 0 Å². The number of hydrogen-bond donors (Lipinski definition) is 0. The highest BCUT2D eigenvalue weighted by atomic mass is 16.1. The first-order valence-electron chi connectivity index (χ1n) is 10.4. The molecule has 4 fully saturated rings. The van der Waals surface area contributed by atoms with Crippen molar-refractivity contribution in [3.63, 3.8) is 0 Å². The quantitative estimate of drug-likeness (QED) is 0.591. The molecule has 0 spiro atoms. The lowest BCUT2D eigenvalue weighted by Crippen LogP contribution is -2.53. The van der Waals surface area contributed by atoms with Crippen LogP contribution >= 0.6 is 0 Å². The summed E-state index contributed by atoms with van der Waals surface area (Å²) in [6.07, 6.45) is 12.6. The fourth-order valence-electron chi connectivity index (χ4n) is 8.14. The number of Topliss-reactive ketones (excluding diaryl/α,β-unsaturated/α-hetero) is 1. The van der Waals surface area contributed by atoms with Crippen LogP contribution in [0.25, 0.3) is 0 Å². The Bertz CT molecular complexity index is 496. The molecule has 23 heavy (non-hydrogen) atoms. The molecule has 0 heterocycles. The average molecular weight is 317 g/mol. The van der Waals surface area contributed by atoms with Crippen LogP contribution in [-0.2, 0) is 4.79 Å². The summed E-state index contributed by atoms with van der Waals surface area (Å²) < 4.78 is 0. The van der Waals surface area contributed by atoms with E-state index in [1.807, 2.05) is 6.92 Å². The van der Waals surface area contributed by atoms with E-state index < -0.39 is 0 Å². The van der Waals surface area contributed by atoms with Crippen LogP contribution in [0.15, 0.2) is 0 Å². The van der Waals surface area contributed by atoms with Gasteiger partial charge in [0, 0.05) is 5.92 Å². The molecule has 0 saturated heterocycles. The lowest BCUT2D eigenvalue weighted by molar-refractivity contribution is -0.135. The number of carbonyl (C=O) groups excluding carboxylic acids is 1. The molecule has 4 saturated carbocycles. The van der Waals surface area contributed by atoms with Crippen LogP contribution in [-0.4, -0.2) is 5.78 Å². The molecule has 4 aliphatic rings. The van der Waals surface area contributed by atoms with Gasteiger partial charge in [-0.1, -0.05) is 27.2 Å². The molecule has 0 amide bonds. The van der Waals surface area contributed by atoms with Gasteiger partial charge in [-0.25, -0.2) is 0 Å². The Kier molecular flexibility index (Phi) is 3.75. The van der Waals surface area contributed by atoms with E-state index in [1.165, 1.54) is 57.8 Å². The van der Waals surface area contributed by atoms with Crippen molar-refractivity contribution >= 4 is 5.78 Å². The van der Waals surface area contributed by atoms with E-state index in [2.05, 4.69) is 20.8 Å². The second kappa shape index (κ2) is 5.33. The molecule has 1 nitrogen and oxygen atoms in total. The highest BCUT2D eigenvalue weighted by Crippen LogP contribution is 2.67. The Morgan fingerprint density at radius 3 is 2.30 bits per heavy atom. The number of fused-ring (bicyclic) bond motifs is 5. The van der Waals surface area contributed by atoms with Crippen molar-refractivity contribution in [3.8, 4) is 0 Å². The highest BCUT2D eigenvalue weighted by molar-refractivity contribution is 5.79. The van der Waals surface area contributed by atoms with E-state index in [1.54, 1.807) is 0 Å². The van der Waals surface area contributed by atoms with E-state index in [9.17, 15) is 4.79 Å². The Balaban J connectivity index is 1.61. The van der Waals surface area contributed by atoms with Gasteiger partial charge in [0.05, 0.1) is 0 Å². The van der Waals surface area contributed by atoms with E-state index >= 15 is 0 Å². The monoisotopic (exact) mass is 316 g/mol. The SMILES string of the molecule is CC(=O)C1CCC2[C@@H]3CCC4CC(C)CCC4(C)C3CC[C@]12C. The third kappa shape index (κ3) is 2.20. The molecule has 6 unspecified atom stereocenters. The Morgan fingerprint density at radius 1 is 0.870 bits per heavy atom. The van der Waals surface area contributed by atoms with E-state index in [0.29, 0.717) is 22.5 Å². The van der Waals surface area contributed by atoms with Gasteiger partial charge in [-0.15, -0.1) is 0 Å². The molecule has 0 aliphatic heterocycles. The van der Waals surface area contributed by atoms with Crippen molar-refractivity contribution in [3.05, 3.63) is 0 Å². The number of hydrogen-bond acceptors (Lipinski definition) is 1. The van der Waals surface area contributed by atoms with E-state index in [0.717, 1.165) is 29.6 Å². The van der Waals surface area contributed by atoms with Crippen LogP contribution < -0.4 is 0 Å². The molecule has 0 N–H and O–H groups in total. The van der Waals surface area contributed by atoms with Gasteiger partial charge in [0.1, 0.15) is 5.78 Å². The molecule has 0 aromatic heterocycles. The molecule has 1 heteroatoms. The summed E-state index contributed by atoms with van der Waals surface area (Å²) in [7, 11) is 0. The first-order valence-corrected chi connectivity index (χ1v) is 10.4. The highest BCUT2D eigenvalue weighted by Gasteiger charge is 2.60. The molecule has 0 radical (unpaired) electrons. The van der Waals surface area contributed by atoms with Gasteiger partial charge >= 0.3 is 0 Å². The zero-order valence-electron chi connectivity index (χ0n) is 15.7. The van der Waals surface area contributed by atoms with Crippen LogP contribution in [0.3, 0.4) is 0 Å². The molecule has 8 atom stereocenters. The van der Waals surface area contributed by atoms with Crippen LogP contribution in [0.4, 0.5) is 0 Å². The summed E-state index contributed by atoms with van der Waals surface area (Å²) in [5, 5.41) is 0. The first-order chi connectivity index (χ1) is 10.9. The van der Waals surface area contributed by atoms with Crippen LogP contribution in [0.2, 0.25) is 0 Å². The predicted octanol–water partition coefficient (Wildman–Crippen LogP) is 5.87. The number of carbonyl (C=O) groups is 1. The standard InChI is InChI=1S/C22H36O/c1-14-9-11-21(3)16(13-14)5-6-17-19-8-7-18(15(2)23)22(19,4)12-10-20(17)21/h14,16-20H,5-13H2,1-4H3/t14?,16?,17-,18?,19?,20?,21?,22+/m0/s1. The van der Waals surface area contributed by atoms with Gasteiger partial charge < -0.3 is 0 Å². The lowest BCUT2D eigenvalue weighted by atomic mass is 9.44. The second-order valence-corrected chi connectivity index (χ2v) is 10.3. The van der Waals surface area contributed by atoms with Gasteiger partial charge in [-0.05, 0) is 98.7 Å². The largest absolute Gasteiger partial charge is 0.300 e. The molecule has 4 rings (SSSR count). The molecule has 0 aromatic rings. The molecule has 0 bridgehead atoms. The molecule has 130 valence electrons. The fourth-order valence-corrected chi connectivity index (χ4v) is 8.14. The maximum absolute atomic E-state index is 12.2. The fraction of sp³-hybridized carbons (Fsp3) is 0.955. The van der Waals surface area contributed by atoms with Crippen LogP contribution in [0.1, 0.15) is 85.5 Å². The summed E-state index contributed by atoms with van der Waals surface area (Å²) in [4.78, 5) is 12.2. The minimum Gasteiger partial charge on any atom is -0.300 e. The summed E-state index contributed by atoms with van der Waals surface area (Å²) in [5.41, 5.74) is 0.948. The zero-order valence-corrected chi connectivity index (χ0v) is 15.7. The zero-order chi connectivity index (χ0) is 16.4. The minimum absolute atomic E-state index is 0.332. The predicted molar refractivity (Wildman–Crippen MR) is 95.1 cm³/mol. The second-order valence-electron chi connectivity index (χ2n) is 10.3. The van der Waals surface area contributed by atoms with Gasteiger partial charge in [-0.2, -0.15) is 0 Å². The number of rotatable bonds is 1. The average Bonchev–Trinajstić information content (AvgIpc) is 2.85. The molecule has 4 aliphatic carbocycles. The minimum atomic E-state index is 0.332. The van der Waals surface area contributed by atoms with E-state index in [4.69, 9.17) is 0 Å². The topological polar surface area (TPSA) is 17.1 Å². The molecular weight excluding hydrogens is 280 g/mol. The first kappa shape index (κ1) is 16.2. The van der Waals surface area contributed by atoms with Crippen molar-refractivity contribution in [2.24, 2.45) is 46.3 Å². The third-order valence-electron chi connectivity index (χ3n) is 9.42. The Morgan fingerprint density at radius 2 is 1.57 bits per heavy atom.